The number of likely N-dealkylation sites (tertiary alicyclic amines) is 1. The number of benzene rings is 1. The largest absolute Gasteiger partial charge is 0.351 e. The van der Waals surface area contributed by atoms with E-state index >= 15 is 0 Å². The topological polar surface area (TPSA) is 58.4 Å². The third-order valence-corrected chi connectivity index (χ3v) is 3.46. The summed E-state index contributed by atoms with van der Waals surface area (Å²) in [6, 6.07) is 3.99. The number of hydrogen-bond donors (Lipinski definition) is 2. The maximum Gasteiger partial charge on any atom is 0.252 e. The lowest BCUT2D eigenvalue weighted by molar-refractivity contribution is 0.0949. The van der Waals surface area contributed by atoms with Crippen LogP contribution in [0.3, 0.4) is 0 Å². The summed E-state index contributed by atoms with van der Waals surface area (Å²) in [7, 11) is 0. The molecule has 0 atom stereocenters. The van der Waals surface area contributed by atoms with Crippen molar-refractivity contribution < 1.29 is 9.18 Å². The summed E-state index contributed by atoms with van der Waals surface area (Å²) in [4.78, 5) is 14.5. The Morgan fingerprint density at radius 1 is 1.38 bits per heavy atom. The van der Waals surface area contributed by atoms with Crippen molar-refractivity contribution >= 4 is 5.91 Å². The molecule has 0 unspecified atom stereocenters. The highest BCUT2D eigenvalue weighted by molar-refractivity contribution is 5.96. The SMILES string of the molecule is NCC#Cc1cc(F)ccc1C(=O)NCCN1CCCC1. The Bertz CT molecular complexity index is 556. The average molecular weight is 289 g/mol. The standard InChI is InChI=1S/C16H20FN3O/c17-14-5-6-15(13(12-14)4-3-7-18)16(21)19-8-11-20-9-1-2-10-20/h5-6,12H,1-2,7-11,18H2,(H,19,21). The first kappa shape index (κ1) is 15.5. The van der Waals surface area contributed by atoms with Crippen LogP contribution in [0.1, 0.15) is 28.8 Å². The summed E-state index contributed by atoms with van der Waals surface area (Å²) in [5, 5.41) is 2.86. The lowest BCUT2D eigenvalue weighted by atomic mass is 10.1. The summed E-state index contributed by atoms with van der Waals surface area (Å²) < 4.78 is 13.3. The fourth-order valence-electron chi connectivity index (χ4n) is 2.39. The molecule has 5 heteroatoms. The van der Waals surface area contributed by atoms with Gasteiger partial charge < -0.3 is 16.0 Å². The Morgan fingerprint density at radius 2 is 2.14 bits per heavy atom. The van der Waals surface area contributed by atoms with Crippen LogP contribution >= 0.6 is 0 Å². The number of amides is 1. The van der Waals surface area contributed by atoms with Gasteiger partial charge in [-0.2, -0.15) is 0 Å². The highest BCUT2D eigenvalue weighted by Crippen LogP contribution is 2.10. The van der Waals surface area contributed by atoms with Gasteiger partial charge in [0.2, 0.25) is 0 Å². The quantitative estimate of drug-likeness (QED) is 0.812. The molecular formula is C16H20FN3O. The molecule has 0 saturated carbocycles. The molecule has 3 N–H and O–H groups in total. The van der Waals surface area contributed by atoms with Crippen LogP contribution in [0.25, 0.3) is 0 Å². The van der Waals surface area contributed by atoms with E-state index in [1.807, 2.05) is 0 Å². The van der Waals surface area contributed by atoms with Gasteiger partial charge in [0.25, 0.3) is 5.91 Å². The van der Waals surface area contributed by atoms with Gasteiger partial charge in [-0.3, -0.25) is 4.79 Å². The van der Waals surface area contributed by atoms with E-state index in [1.165, 1.54) is 31.0 Å². The highest BCUT2D eigenvalue weighted by atomic mass is 19.1. The number of hydrogen-bond acceptors (Lipinski definition) is 3. The van der Waals surface area contributed by atoms with E-state index in [1.54, 1.807) is 0 Å². The van der Waals surface area contributed by atoms with Crippen LogP contribution in [0, 0.1) is 17.7 Å². The lowest BCUT2D eigenvalue weighted by Crippen LogP contribution is -2.33. The van der Waals surface area contributed by atoms with Crippen molar-refractivity contribution in [2.45, 2.75) is 12.8 Å². The normalized spacial score (nSPS) is 14.6. The van der Waals surface area contributed by atoms with Gasteiger partial charge in [-0.1, -0.05) is 11.8 Å². The molecule has 1 fully saturated rings. The van der Waals surface area contributed by atoms with Gasteiger partial charge in [-0.15, -0.1) is 0 Å². The number of carbonyl (C=O) groups is 1. The van der Waals surface area contributed by atoms with E-state index in [-0.39, 0.29) is 12.5 Å². The number of carbonyl (C=O) groups excluding carboxylic acids is 1. The van der Waals surface area contributed by atoms with Gasteiger partial charge in [0.15, 0.2) is 0 Å². The minimum absolute atomic E-state index is 0.173. The lowest BCUT2D eigenvalue weighted by Gasteiger charge is -2.15. The zero-order valence-electron chi connectivity index (χ0n) is 12.0. The second kappa shape index (κ2) is 7.77. The first-order valence-corrected chi connectivity index (χ1v) is 7.20. The van der Waals surface area contributed by atoms with Crippen LogP contribution in [-0.4, -0.2) is 43.5 Å². The monoisotopic (exact) mass is 289 g/mol. The maximum absolute atomic E-state index is 13.3. The highest BCUT2D eigenvalue weighted by Gasteiger charge is 2.13. The van der Waals surface area contributed by atoms with E-state index in [0.717, 1.165) is 19.6 Å². The van der Waals surface area contributed by atoms with Crippen molar-refractivity contribution in [1.82, 2.24) is 10.2 Å². The first-order valence-electron chi connectivity index (χ1n) is 7.20. The van der Waals surface area contributed by atoms with E-state index in [4.69, 9.17) is 5.73 Å². The van der Waals surface area contributed by atoms with Crippen molar-refractivity contribution in [3.05, 3.63) is 35.1 Å². The molecule has 1 aromatic carbocycles. The van der Waals surface area contributed by atoms with Crippen molar-refractivity contribution in [2.75, 3.05) is 32.7 Å². The van der Waals surface area contributed by atoms with Crippen LogP contribution in [-0.2, 0) is 0 Å². The summed E-state index contributed by atoms with van der Waals surface area (Å²) in [5.74, 6) is 4.75. The minimum Gasteiger partial charge on any atom is -0.351 e. The molecule has 0 aromatic heterocycles. The van der Waals surface area contributed by atoms with Gasteiger partial charge in [-0.25, -0.2) is 4.39 Å². The molecule has 1 heterocycles. The third-order valence-electron chi connectivity index (χ3n) is 3.46. The first-order chi connectivity index (χ1) is 10.2. The van der Waals surface area contributed by atoms with Crippen LogP contribution < -0.4 is 11.1 Å². The van der Waals surface area contributed by atoms with E-state index in [2.05, 4.69) is 22.1 Å². The molecule has 1 aromatic rings. The number of nitrogens with zero attached hydrogens (tertiary/aromatic N) is 1. The molecule has 1 aliphatic heterocycles. The Balaban J connectivity index is 1.97. The summed E-state index contributed by atoms with van der Waals surface area (Å²) in [5.41, 5.74) is 6.08. The minimum atomic E-state index is -0.412. The molecular weight excluding hydrogens is 269 g/mol. The molecule has 4 nitrogen and oxygen atoms in total. The molecule has 0 aliphatic carbocycles. The molecule has 0 bridgehead atoms. The van der Waals surface area contributed by atoms with Crippen molar-refractivity contribution in [3.8, 4) is 11.8 Å². The molecule has 0 radical (unpaired) electrons. The number of rotatable bonds is 4. The summed E-state index contributed by atoms with van der Waals surface area (Å²) >= 11 is 0. The van der Waals surface area contributed by atoms with Gasteiger partial charge >= 0.3 is 0 Å². The molecule has 1 aliphatic rings. The fraction of sp³-hybridized carbons (Fsp3) is 0.438. The van der Waals surface area contributed by atoms with E-state index in [9.17, 15) is 9.18 Å². The van der Waals surface area contributed by atoms with E-state index in [0.29, 0.717) is 17.7 Å². The smallest absolute Gasteiger partial charge is 0.252 e. The van der Waals surface area contributed by atoms with Gasteiger partial charge in [0, 0.05) is 18.7 Å². The average Bonchev–Trinajstić information content (AvgIpc) is 2.98. The Kier molecular flexibility index (Phi) is 5.73. The molecule has 2 rings (SSSR count). The number of nitrogens with one attached hydrogen (secondary N) is 1. The molecule has 1 saturated heterocycles. The maximum atomic E-state index is 13.3. The zero-order valence-corrected chi connectivity index (χ0v) is 12.0. The van der Waals surface area contributed by atoms with Gasteiger partial charge in [-0.05, 0) is 44.1 Å². The van der Waals surface area contributed by atoms with Crippen molar-refractivity contribution in [3.63, 3.8) is 0 Å². The van der Waals surface area contributed by atoms with Gasteiger partial charge in [0.1, 0.15) is 5.82 Å². The molecule has 112 valence electrons. The Labute approximate surface area is 124 Å². The van der Waals surface area contributed by atoms with E-state index < -0.39 is 5.82 Å². The van der Waals surface area contributed by atoms with Crippen LogP contribution in [0.2, 0.25) is 0 Å². The zero-order chi connectivity index (χ0) is 15.1. The van der Waals surface area contributed by atoms with Crippen LogP contribution in [0.15, 0.2) is 18.2 Å². The van der Waals surface area contributed by atoms with Crippen LogP contribution in [0.5, 0.6) is 0 Å². The van der Waals surface area contributed by atoms with Crippen molar-refractivity contribution in [2.24, 2.45) is 5.73 Å². The van der Waals surface area contributed by atoms with Crippen molar-refractivity contribution in [1.29, 1.82) is 0 Å². The second-order valence-corrected chi connectivity index (χ2v) is 5.00. The molecule has 1 amide bonds. The van der Waals surface area contributed by atoms with Gasteiger partial charge in [0.05, 0.1) is 12.1 Å². The Morgan fingerprint density at radius 3 is 2.86 bits per heavy atom. The predicted molar refractivity (Wildman–Crippen MR) is 80.3 cm³/mol. The second-order valence-electron chi connectivity index (χ2n) is 5.00. The predicted octanol–water partition coefficient (Wildman–Crippen LogP) is 0.961. The number of halogens is 1. The fourth-order valence-corrected chi connectivity index (χ4v) is 2.39. The Hall–Kier alpha value is -1.90. The summed E-state index contributed by atoms with van der Waals surface area (Å²) in [6.45, 7) is 3.79. The molecule has 21 heavy (non-hydrogen) atoms. The van der Waals surface area contributed by atoms with Crippen LogP contribution in [0.4, 0.5) is 4.39 Å². The number of nitrogens with two attached hydrogens (primary N) is 1. The third kappa shape index (κ3) is 4.55. The summed E-state index contributed by atoms with van der Waals surface area (Å²) in [6.07, 6.45) is 2.45. The molecule has 0 spiro atoms.